The zero-order valence-electron chi connectivity index (χ0n) is 11.8. The highest BCUT2D eigenvalue weighted by Gasteiger charge is 2.10. The van der Waals surface area contributed by atoms with Crippen LogP contribution < -0.4 is 9.47 Å². The molecule has 0 saturated carbocycles. The van der Waals surface area contributed by atoms with Crippen LogP contribution in [0.2, 0.25) is 0 Å². The number of oxime groups is 1. The molecule has 0 aromatic heterocycles. The Morgan fingerprint density at radius 2 is 1.89 bits per heavy atom. The van der Waals surface area contributed by atoms with Crippen molar-refractivity contribution >= 4 is 11.8 Å². The highest BCUT2D eigenvalue weighted by Crippen LogP contribution is 2.25. The number of hydrogen-bond donors (Lipinski definition) is 0. The van der Waals surface area contributed by atoms with Crippen LogP contribution in [0.1, 0.15) is 12.5 Å². The summed E-state index contributed by atoms with van der Waals surface area (Å²) in [4.78, 5) is 17.3. The second-order valence-electron chi connectivity index (χ2n) is 3.99. The van der Waals surface area contributed by atoms with Gasteiger partial charge in [-0.2, -0.15) is 0 Å². The number of ether oxygens (including phenoxy) is 2. The summed E-state index contributed by atoms with van der Waals surface area (Å²) in [7, 11) is 6.30. The van der Waals surface area contributed by atoms with Crippen LogP contribution in [0.15, 0.2) is 23.4 Å². The molecule has 0 radical (unpaired) electrons. The Balaban J connectivity index is 2.95. The molecule has 0 bridgehead atoms. The maximum absolute atomic E-state index is 11.3. The average molecular weight is 266 g/mol. The number of carbonyl (C=O) groups is 1. The molecule has 1 aromatic rings. The smallest absolute Gasteiger partial charge is 0.435 e. The van der Waals surface area contributed by atoms with Crippen LogP contribution in [0, 0.1) is 0 Å². The Morgan fingerprint density at radius 1 is 1.21 bits per heavy atom. The van der Waals surface area contributed by atoms with Crippen LogP contribution in [0.5, 0.6) is 11.5 Å². The summed E-state index contributed by atoms with van der Waals surface area (Å²) in [5.74, 6) is 1.28. The van der Waals surface area contributed by atoms with Gasteiger partial charge in [0.1, 0.15) is 11.5 Å². The maximum Gasteiger partial charge on any atom is 0.435 e. The number of methoxy groups -OCH3 is 2. The molecule has 6 nitrogen and oxygen atoms in total. The molecule has 0 aliphatic carbocycles. The van der Waals surface area contributed by atoms with E-state index in [4.69, 9.17) is 14.3 Å². The summed E-state index contributed by atoms with van der Waals surface area (Å²) in [6, 6.07) is 5.31. The number of hydrogen-bond acceptors (Lipinski definition) is 5. The minimum absolute atomic E-state index is 0.535. The van der Waals surface area contributed by atoms with Crippen LogP contribution >= 0.6 is 0 Å². The molecule has 6 heteroatoms. The molecule has 0 aliphatic heterocycles. The minimum Gasteiger partial charge on any atom is -0.497 e. The normalized spacial score (nSPS) is 10.9. The first-order valence-electron chi connectivity index (χ1n) is 5.65. The number of rotatable bonds is 4. The fourth-order valence-electron chi connectivity index (χ4n) is 1.34. The quantitative estimate of drug-likeness (QED) is 0.476. The Morgan fingerprint density at radius 3 is 2.42 bits per heavy atom. The van der Waals surface area contributed by atoms with Crippen molar-refractivity contribution in [3.05, 3.63) is 23.8 Å². The molecule has 0 unspecified atom stereocenters. The fourth-order valence-corrected chi connectivity index (χ4v) is 1.34. The van der Waals surface area contributed by atoms with Crippen molar-refractivity contribution < 1.29 is 19.1 Å². The predicted molar refractivity (Wildman–Crippen MR) is 71.9 cm³/mol. The van der Waals surface area contributed by atoms with Crippen molar-refractivity contribution in [3.63, 3.8) is 0 Å². The predicted octanol–water partition coefficient (Wildman–Crippen LogP) is 2.13. The summed E-state index contributed by atoms with van der Waals surface area (Å²) < 4.78 is 10.4. The van der Waals surface area contributed by atoms with E-state index < -0.39 is 6.09 Å². The van der Waals surface area contributed by atoms with Crippen molar-refractivity contribution in [3.8, 4) is 11.5 Å². The van der Waals surface area contributed by atoms with Crippen molar-refractivity contribution in [2.45, 2.75) is 6.92 Å². The molecular weight excluding hydrogens is 248 g/mol. The summed E-state index contributed by atoms with van der Waals surface area (Å²) in [6.45, 7) is 1.73. The third-order valence-electron chi connectivity index (χ3n) is 2.42. The summed E-state index contributed by atoms with van der Waals surface area (Å²) >= 11 is 0. The third kappa shape index (κ3) is 3.87. The molecule has 1 amide bonds. The Labute approximate surface area is 112 Å². The van der Waals surface area contributed by atoms with Gasteiger partial charge in [-0.05, 0) is 19.1 Å². The van der Waals surface area contributed by atoms with Gasteiger partial charge in [0.15, 0.2) is 0 Å². The Bertz CT molecular complexity index is 484. The number of nitrogens with zero attached hydrogens (tertiary/aromatic N) is 2. The lowest BCUT2D eigenvalue weighted by molar-refractivity contribution is 0.122. The van der Waals surface area contributed by atoms with Gasteiger partial charge in [0.25, 0.3) is 0 Å². The van der Waals surface area contributed by atoms with E-state index in [9.17, 15) is 4.79 Å². The molecule has 0 fully saturated rings. The second kappa shape index (κ2) is 6.63. The van der Waals surface area contributed by atoms with Gasteiger partial charge in [-0.1, -0.05) is 5.16 Å². The van der Waals surface area contributed by atoms with E-state index in [1.165, 1.54) is 4.90 Å². The lowest BCUT2D eigenvalue weighted by atomic mass is 10.1. The highest BCUT2D eigenvalue weighted by molar-refractivity contribution is 6.01. The monoisotopic (exact) mass is 266 g/mol. The molecule has 0 heterocycles. The molecule has 0 saturated heterocycles. The van der Waals surface area contributed by atoms with Crippen molar-refractivity contribution in [1.29, 1.82) is 0 Å². The molecule has 0 N–H and O–H groups in total. The average Bonchev–Trinajstić information content (AvgIpc) is 2.43. The summed E-state index contributed by atoms with van der Waals surface area (Å²) in [5.41, 5.74) is 1.27. The van der Waals surface area contributed by atoms with Gasteiger partial charge in [-0.15, -0.1) is 0 Å². The van der Waals surface area contributed by atoms with Crippen molar-refractivity contribution in [2.75, 3.05) is 28.3 Å². The van der Waals surface area contributed by atoms with Crippen LogP contribution in [-0.2, 0) is 4.84 Å². The van der Waals surface area contributed by atoms with E-state index in [0.29, 0.717) is 17.2 Å². The molecule has 0 spiro atoms. The topological polar surface area (TPSA) is 60.4 Å². The van der Waals surface area contributed by atoms with Crippen molar-refractivity contribution in [1.82, 2.24) is 4.90 Å². The van der Waals surface area contributed by atoms with Gasteiger partial charge < -0.3 is 14.4 Å². The lowest BCUT2D eigenvalue weighted by Crippen LogP contribution is -2.21. The van der Waals surface area contributed by atoms with Gasteiger partial charge >= 0.3 is 6.09 Å². The standard InChI is InChI=1S/C13H18N2O4/c1-9(14-19-13(16)15(2)3)11-7-6-10(17-4)8-12(11)18-5/h6-8H,1-5H3/b14-9-. The minimum atomic E-state index is -0.535. The van der Waals surface area contributed by atoms with Crippen LogP contribution in [0.25, 0.3) is 0 Å². The van der Waals surface area contributed by atoms with Gasteiger partial charge in [-0.3, -0.25) is 4.84 Å². The lowest BCUT2D eigenvalue weighted by Gasteiger charge is -2.10. The van der Waals surface area contributed by atoms with E-state index in [0.717, 1.165) is 5.56 Å². The van der Waals surface area contributed by atoms with Gasteiger partial charge in [0, 0.05) is 25.7 Å². The molecule has 1 rings (SSSR count). The van der Waals surface area contributed by atoms with E-state index in [-0.39, 0.29) is 0 Å². The van der Waals surface area contributed by atoms with E-state index >= 15 is 0 Å². The molecular formula is C13H18N2O4. The Hall–Kier alpha value is -2.24. The molecule has 0 aliphatic rings. The van der Waals surface area contributed by atoms with E-state index in [1.807, 2.05) is 0 Å². The van der Waals surface area contributed by atoms with Crippen LogP contribution in [-0.4, -0.2) is 45.0 Å². The first-order chi connectivity index (χ1) is 8.99. The van der Waals surface area contributed by atoms with E-state index in [1.54, 1.807) is 53.4 Å². The SMILES string of the molecule is COc1ccc(/C(C)=N\OC(=O)N(C)C)c(OC)c1. The summed E-state index contributed by atoms with van der Waals surface area (Å²) in [6.07, 6.45) is -0.535. The first kappa shape index (κ1) is 14.8. The zero-order valence-corrected chi connectivity index (χ0v) is 11.8. The van der Waals surface area contributed by atoms with Gasteiger partial charge in [0.2, 0.25) is 0 Å². The van der Waals surface area contributed by atoms with Gasteiger partial charge in [0.05, 0.1) is 19.9 Å². The largest absolute Gasteiger partial charge is 0.497 e. The van der Waals surface area contributed by atoms with Crippen LogP contribution in [0.3, 0.4) is 0 Å². The third-order valence-corrected chi connectivity index (χ3v) is 2.42. The van der Waals surface area contributed by atoms with Crippen LogP contribution in [0.4, 0.5) is 4.79 Å². The molecule has 19 heavy (non-hydrogen) atoms. The maximum atomic E-state index is 11.3. The molecule has 1 aromatic carbocycles. The zero-order chi connectivity index (χ0) is 14.4. The van der Waals surface area contributed by atoms with Gasteiger partial charge in [-0.25, -0.2) is 4.79 Å². The second-order valence-corrected chi connectivity index (χ2v) is 3.99. The first-order valence-corrected chi connectivity index (χ1v) is 5.65. The van der Waals surface area contributed by atoms with Crippen molar-refractivity contribution in [2.24, 2.45) is 5.16 Å². The molecule has 104 valence electrons. The highest BCUT2D eigenvalue weighted by atomic mass is 16.7. The number of benzene rings is 1. The number of amides is 1. The molecule has 0 atom stereocenters. The number of carbonyl (C=O) groups excluding carboxylic acids is 1. The van der Waals surface area contributed by atoms with E-state index in [2.05, 4.69) is 5.16 Å². The fraction of sp³-hybridized carbons (Fsp3) is 0.385. The summed E-state index contributed by atoms with van der Waals surface area (Å²) in [5, 5.41) is 3.78. The Kier molecular flexibility index (Phi) is 5.17.